The zero-order valence-corrected chi connectivity index (χ0v) is 18.7. The highest BCUT2D eigenvalue weighted by molar-refractivity contribution is 6.28. The molecule has 1 aromatic heterocycles. The smallest absolute Gasteiger partial charge is 0.218 e. The summed E-state index contributed by atoms with van der Waals surface area (Å²) in [6.07, 6.45) is 0. The number of benzene rings is 4. The summed E-state index contributed by atoms with van der Waals surface area (Å²) in [6.45, 7) is 4.58. The predicted octanol–water partition coefficient (Wildman–Crippen LogP) is 7.92. The Morgan fingerprint density at radius 2 is 1.31 bits per heavy atom. The van der Waals surface area contributed by atoms with Crippen LogP contribution in [0.4, 0.5) is 0 Å². The second-order valence-corrected chi connectivity index (χ2v) is 9.20. The van der Waals surface area contributed by atoms with Crippen LogP contribution in [0.3, 0.4) is 0 Å². The molecule has 1 aliphatic carbocycles. The summed E-state index contributed by atoms with van der Waals surface area (Å²) in [5, 5.41) is 2.59. The first-order chi connectivity index (χ1) is 15.5. The van der Waals surface area contributed by atoms with E-state index < -0.39 is 0 Å². The fourth-order valence-corrected chi connectivity index (χ4v) is 5.20. The summed E-state index contributed by atoms with van der Waals surface area (Å²) in [4.78, 5) is 9.15. The van der Waals surface area contributed by atoms with Gasteiger partial charge in [-0.15, -0.1) is 0 Å². The van der Waals surface area contributed by atoms with E-state index in [-0.39, 0.29) is 10.7 Å². The summed E-state index contributed by atoms with van der Waals surface area (Å²) in [6, 6.07) is 31.9. The maximum Gasteiger partial charge on any atom is 0.223 e. The van der Waals surface area contributed by atoms with Crippen LogP contribution in [0.5, 0.6) is 0 Å². The monoisotopic (exact) mass is 432 g/mol. The van der Waals surface area contributed by atoms with Crippen molar-refractivity contribution in [3.63, 3.8) is 0 Å². The molecule has 2 nitrogen and oxygen atoms in total. The van der Waals surface area contributed by atoms with Crippen LogP contribution in [0.25, 0.3) is 44.4 Å². The Kier molecular flexibility index (Phi) is 4.21. The quantitative estimate of drug-likeness (QED) is 0.265. The van der Waals surface area contributed by atoms with Gasteiger partial charge in [0.25, 0.3) is 0 Å². The van der Waals surface area contributed by atoms with Crippen molar-refractivity contribution in [2.24, 2.45) is 0 Å². The molecule has 0 radical (unpaired) electrons. The van der Waals surface area contributed by atoms with Crippen molar-refractivity contribution in [1.82, 2.24) is 9.97 Å². The number of fused-ring (bicyclic) bond motifs is 4. The van der Waals surface area contributed by atoms with E-state index in [9.17, 15) is 0 Å². The normalized spacial score (nSPS) is 13.7. The largest absolute Gasteiger partial charge is 0.223 e. The number of rotatable bonds is 2. The first kappa shape index (κ1) is 19.2. The van der Waals surface area contributed by atoms with E-state index in [1.165, 1.54) is 27.6 Å². The van der Waals surface area contributed by atoms with Crippen LogP contribution < -0.4 is 0 Å². The van der Waals surface area contributed by atoms with E-state index in [1.807, 2.05) is 6.07 Å². The van der Waals surface area contributed by atoms with Gasteiger partial charge >= 0.3 is 0 Å². The molecule has 154 valence electrons. The molecule has 0 N–H and O–H groups in total. The minimum Gasteiger partial charge on any atom is -0.218 e. The van der Waals surface area contributed by atoms with E-state index in [2.05, 4.69) is 109 Å². The van der Waals surface area contributed by atoms with Gasteiger partial charge in [0.1, 0.15) is 0 Å². The highest BCUT2D eigenvalue weighted by Gasteiger charge is 2.35. The Hall–Kier alpha value is -3.49. The maximum atomic E-state index is 6.43. The van der Waals surface area contributed by atoms with Crippen molar-refractivity contribution in [2.75, 3.05) is 0 Å². The van der Waals surface area contributed by atoms with Crippen molar-refractivity contribution in [2.45, 2.75) is 19.3 Å². The lowest BCUT2D eigenvalue weighted by Gasteiger charge is -2.22. The summed E-state index contributed by atoms with van der Waals surface area (Å²) < 4.78 is 0. The molecule has 0 unspecified atom stereocenters. The minimum atomic E-state index is -0.0583. The molecule has 1 heterocycles. The molecular weight excluding hydrogens is 412 g/mol. The van der Waals surface area contributed by atoms with E-state index in [0.29, 0.717) is 0 Å². The molecule has 0 atom stereocenters. The van der Waals surface area contributed by atoms with Crippen molar-refractivity contribution >= 4 is 22.4 Å². The van der Waals surface area contributed by atoms with Crippen molar-refractivity contribution in [1.29, 1.82) is 0 Å². The van der Waals surface area contributed by atoms with Crippen LogP contribution in [0, 0.1) is 0 Å². The Balaban J connectivity index is 1.51. The lowest BCUT2D eigenvalue weighted by Crippen LogP contribution is -2.14. The molecular formula is C29H21ClN2. The molecule has 3 heteroatoms. The lowest BCUT2D eigenvalue weighted by molar-refractivity contribution is 0.660. The van der Waals surface area contributed by atoms with Gasteiger partial charge in [-0.3, -0.25) is 0 Å². The summed E-state index contributed by atoms with van der Waals surface area (Å²) in [7, 11) is 0. The second-order valence-electron chi connectivity index (χ2n) is 8.87. The van der Waals surface area contributed by atoms with Gasteiger partial charge < -0.3 is 0 Å². The van der Waals surface area contributed by atoms with Gasteiger partial charge in [-0.05, 0) is 56.8 Å². The molecule has 0 spiro atoms. The zero-order valence-electron chi connectivity index (χ0n) is 17.9. The van der Waals surface area contributed by atoms with Crippen molar-refractivity contribution in [3.05, 3.63) is 107 Å². The first-order valence-electron chi connectivity index (χ1n) is 10.8. The van der Waals surface area contributed by atoms with Crippen LogP contribution in [0.15, 0.2) is 91.0 Å². The molecule has 0 amide bonds. The van der Waals surface area contributed by atoms with Gasteiger partial charge in [0, 0.05) is 16.5 Å². The number of nitrogens with zero attached hydrogens (tertiary/aromatic N) is 2. The van der Waals surface area contributed by atoms with E-state index in [0.717, 1.165) is 27.9 Å². The van der Waals surface area contributed by atoms with Crippen LogP contribution in [0.1, 0.15) is 25.0 Å². The van der Waals surface area contributed by atoms with Gasteiger partial charge in [-0.2, -0.15) is 0 Å². The molecule has 4 aromatic carbocycles. The van der Waals surface area contributed by atoms with Gasteiger partial charge in [0.15, 0.2) is 0 Å². The van der Waals surface area contributed by atoms with Gasteiger partial charge in [-0.1, -0.05) is 92.7 Å². The van der Waals surface area contributed by atoms with Gasteiger partial charge in [0.2, 0.25) is 5.28 Å². The highest BCUT2D eigenvalue weighted by Crippen LogP contribution is 2.49. The number of hydrogen-bond donors (Lipinski definition) is 0. The third-order valence-electron chi connectivity index (χ3n) is 6.64. The molecule has 0 fully saturated rings. The molecule has 6 rings (SSSR count). The third-order valence-corrected chi connectivity index (χ3v) is 6.81. The molecule has 1 aliphatic rings. The highest BCUT2D eigenvalue weighted by atomic mass is 35.5. The third kappa shape index (κ3) is 2.87. The topological polar surface area (TPSA) is 25.8 Å². The first-order valence-corrected chi connectivity index (χ1v) is 11.2. The Labute approximate surface area is 192 Å². The molecule has 32 heavy (non-hydrogen) atoms. The second kappa shape index (κ2) is 7.01. The Bertz CT molecular complexity index is 1510. The average Bonchev–Trinajstić information content (AvgIpc) is 3.05. The fourth-order valence-electron chi connectivity index (χ4n) is 5.02. The summed E-state index contributed by atoms with van der Waals surface area (Å²) in [5.41, 5.74) is 9.01. The SMILES string of the molecule is CC1(C)c2ccccc2-c2ccc(-c3cc(-c4cccc5ccccc45)nc(Cl)n3)cc21. The van der Waals surface area contributed by atoms with E-state index in [4.69, 9.17) is 11.6 Å². The van der Waals surface area contributed by atoms with Crippen LogP contribution in [-0.2, 0) is 5.41 Å². The Morgan fingerprint density at radius 3 is 2.22 bits per heavy atom. The molecule has 0 bridgehead atoms. The molecule has 0 aliphatic heterocycles. The Morgan fingerprint density at radius 1 is 0.625 bits per heavy atom. The van der Waals surface area contributed by atoms with E-state index >= 15 is 0 Å². The molecule has 0 saturated heterocycles. The standard InChI is InChI=1S/C29H21ClN2/c1-29(2)24-13-6-5-11-21(24)22-15-14-19(16-25(22)29)26-17-27(32-28(30)31-26)23-12-7-9-18-8-3-4-10-20(18)23/h3-17H,1-2H3. The van der Waals surface area contributed by atoms with E-state index in [1.54, 1.807) is 0 Å². The van der Waals surface area contributed by atoms with Crippen LogP contribution in [0.2, 0.25) is 5.28 Å². The van der Waals surface area contributed by atoms with Crippen molar-refractivity contribution in [3.8, 4) is 33.6 Å². The molecule has 0 saturated carbocycles. The number of halogens is 1. The maximum absolute atomic E-state index is 6.43. The predicted molar refractivity (Wildman–Crippen MR) is 133 cm³/mol. The van der Waals surface area contributed by atoms with Gasteiger partial charge in [-0.25, -0.2) is 9.97 Å². The average molecular weight is 433 g/mol. The summed E-state index contributed by atoms with van der Waals surface area (Å²) >= 11 is 6.43. The zero-order chi connectivity index (χ0) is 21.9. The number of hydrogen-bond acceptors (Lipinski definition) is 2. The minimum absolute atomic E-state index is 0.0583. The summed E-state index contributed by atoms with van der Waals surface area (Å²) in [5.74, 6) is 0. The van der Waals surface area contributed by atoms with Crippen molar-refractivity contribution < 1.29 is 0 Å². The molecule has 5 aromatic rings. The van der Waals surface area contributed by atoms with Crippen LogP contribution >= 0.6 is 11.6 Å². The van der Waals surface area contributed by atoms with Crippen LogP contribution in [-0.4, -0.2) is 9.97 Å². The fraction of sp³-hybridized carbons (Fsp3) is 0.103. The number of aromatic nitrogens is 2. The van der Waals surface area contributed by atoms with Gasteiger partial charge in [0.05, 0.1) is 11.4 Å². The lowest BCUT2D eigenvalue weighted by atomic mass is 9.82.